The summed E-state index contributed by atoms with van der Waals surface area (Å²) < 4.78 is 24.6. The molecule has 3 aromatic rings. The fourth-order valence-corrected chi connectivity index (χ4v) is 6.25. The highest BCUT2D eigenvalue weighted by molar-refractivity contribution is 7.10. The molecule has 5 rings (SSSR count). The zero-order valence-corrected chi connectivity index (χ0v) is 22.5. The first kappa shape index (κ1) is 26.2. The van der Waals surface area contributed by atoms with E-state index in [1.54, 1.807) is 60.8 Å². The molecule has 1 saturated heterocycles. The van der Waals surface area contributed by atoms with Crippen LogP contribution in [0.1, 0.15) is 38.8 Å². The van der Waals surface area contributed by atoms with Crippen LogP contribution in [0, 0.1) is 5.82 Å². The predicted molar refractivity (Wildman–Crippen MR) is 144 cm³/mol. The SMILES string of the molecule is COc1cc(OC)cc(C(=O)N2CCN(C(=O)CCN3CCc4sccc4C3c3cccc(F)c3)CC2)c1. The Balaban J connectivity index is 1.19. The first-order valence-corrected chi connectivity index (χ1v) is 13.7. The fraction of sp³-hybridized carbons (Fsp3) is 0.379. The van der Waals surface area contributed by atoms with Gasteiger partial charge in [-0.15, -0.1) is 11.3 Å². The summed E-state index contributed by atoms with van der Waals surface area (Å²) in [7, 11) is 3.11. The van der Waals surface area contributed by atoms with Crippen LogP contribution in [0.3, 0.4) is 0 Å². The second-order valence-corrected chi connectivity index (χ2v) is 10.6. The van der Waals surface area contributed by atoms with Gasteiger partial charge in [-0.3, -0.25) is 14.5 Å². The molecule has 0 aliphatic carbocycles. The Hall–Kier alpha value is -3.43. The standard InChI is InChI=1S/C29H32FN3O4S/c1-36-23-17-21(18-24(19-23)37-2)29(35)33-13-11-31(12-14-33)27(34)7-10-32-9-6-26-25(8-15-38-26)28(32)20-4-3-5-22(30)16-20/h3-5,8,15-19,28H,6-7,9-14H2,1-2H3. The van der Waals surface area contributed by atoms with Crippen molar-refractivity contribution >= 4 is 23.2 Å². The molecule has 7 nitrogen and oxygen atoms in total. The molecule has 1 fully saturated rings. The third kappa shape index (κ3) is 5.54. The van der Waals surface area contributed by atoms with Crippen LogP contribution in [-0.2, 0) is 11.2 Å². The average Bonchev–Trinajstić information content (AvgIpc) is 3.44. The van der Waals surface area contributed by atoms with Crippen molar-refractivity contribution in [2.24, 2.45) is 0 Å². The lowest BCUT2D eigenvalue weighted by Gasteiger charge is -2.38. The summed E-state index contributed by atoms with van der Waals surface area (Å²) in [5.41, 5.74) is 2.63. The van der Waals surface area contributed by atoms with Gasteiger partial charge in [0.15, 0.2) is 0 Å². The summed E-state index contributed by atoms with van der Waals surface area (Å²) >= 11 is 1.74. The minimum absolute atomic E-state index is 0.0529. The van der Waals surface area contributed by atoms with Gasteiger partial charge in [-0.05, 0) is 53.3 Å². The summed E-state index contributed by atoms with van der Waals surface area (Å²) in [6.45, 7) is 3.35. The highest BCUT2D eigenvalue weighted by Crippen LogP contribution is 2.38. The molecule has 0 radical (unpaired) electrons. The number of rotatable bonds is 7. The van der Waals surface area contributed by atoms with Gasteiger partial charge in [0.2, 0.25) is 5.91 Å². The lowest BCUT2D eigenvalue weighted by molar-refractivity contribution is -0.133. The van der Waals surface area contributed by atoms with E-state index < -0.39 is 0 Å². The number of hydrogen-bond acceptors (Lipinski definition) is 6. The number of thiophene rings is 1. The average molecular weight is 538 g/mol. The van der Waals surface area contributed by atoms with Crippen LogP contribution in [0.5, 0.6) is 11.5 Å². The largest absolute Gasteiger partial charge is 0.497 e. The van der Waals surface area contributed by atoms with E-state index in [-0.39, 0.29) is 23.7 Å². The van der Waals surface area contributed by atoms with Crippen molar-refractivity contribution in [1.29, 1.82) is 0 Å². The molecule has 2 aromatic carbocycles. The number of ether oxygens (including phenoxy) is 2. The Morgan fingerprint density at radius 3 is 2.34 bits per heavy atom. The van der Waals surface area contributed by atoms with E-state index in [1.165, 1.54) is 16.5 Å². The maximum atomic E-state index is 14.1. The van der Waals surface area contributed by atoms with E-state index in [1.807, 2.05) is 11.0 Å². The van der Waals surface area contributed by atoms with Crippen molar-refractivity contribution in [3.8, 4) is 11.5 Å². The van der Waals surface area contributed by atoms with Crippen molar-refractivity contribution in [2.75, 3.05) is 53.5 Å². The zero-order valence-electron chi connectivity index (χ0n) is 21.7. The maximum Gasteiger partial charge on any atom is 0.254 e. The van der Waals surface area contributed by atoms with Gasteiger partial charge in [0.05, 0.1) is 20.3 Å². The Kier molecular flexibility index (Phi) is 7.95. The molecule has 9 heteroatoms. The van der Waals surface area contributed by atoms with E-state index in [0.717, 1.165) is 18.5 Å². The van der Waals surface area contributed by atoms with Gasteiger partial charge in [-0.1, -0.05) is 12.1 Å². The number of carbonyl (C=O) groups excluding carboxylic acids is 2. The third-order valence-corrected chi connectivity index (χ3v) is 8.36. The number of benzene rings is 2. The molecule has 38 heavy (non-hydrogen) atoms. The van der Waals surface area contributed by atoms with Crippen molar-refractivity contribution in [3.05, 3.63) is 81.3 Å². The van der Waals surface area contributed by atoms with Crippen LogP contribution in [0.15, 0.2) is 53.9 Å². The summed E-state index contributed by atoms with van der Waals surface area (Å²) in [6.07, 6.45) is 1.31. The molecule has 2 aliphatic rings. The minimum Gasteiger partial charge on any atom is -0.497 e. The van der Waals surface area contributed by atoms with Gasteiger partial charge in [0, 0.05) is 62.2 Å². The van der Waals surface area contributed by atoms with Crippen molar-refractivity contribution < 1.29 is 23.5 Å². The smallest absolute Gasteiger partial charge is 0.254 e. The monoisotopic (exact) mass is 537 g/mol. The van der Waals surface area contributed by atoms with E-state index in [9.17, 15) is 14.0 Å². The first-order chi connectivity index (χ1) is 18.5. The molecule has 1 atom stereocenters. The minimum atomic E-state index is -0.249. The number of piperazine rings is 1. The molecular weight excluding hydrogens is 505 g/mol. The van der Waals surface area contributed by atoms with Gasteiger partial charge in [0.1, 0.15) is 17.3 Å². The molecule has 0 N–H and O–H groups in total. The first-order valence-electron chi connectivity index (χ1n) is 12.8. The highest BCUT2D eigenvalue weighted by atomic mass is 32.1. The lowest BCUT2D eigenvalue weighted by Crippen LogP contribution is -2.51. The highest BCUT2D eigenvalue weighted by Gasteiger charge is 2.31. The predicted octanol–water partition coefficient (Wildman–Crippen LogP) is 4.23. The molecular formula is C29H32FN3O4S. The molecule has 0 spiro atoms. The molecule has 0 bridgehead atoms. The van der Waals surface area contributed by atoms with Crippen molar-refractivity contribution in [1.82, 2.24) is 14.7 Å². The topological polar surface area (TPSA) is 62.3 Å². The summed E-state index contributed by atoms with van der Waals surface area (Å²) in [5.74, 6) is 0.845. The van der Waals surface area contributed by atoms with Gasteiger partial charge < -0.3 is 19.3 Å². The molecule has 0 saturated carbocycles. The normalized spacial score (nSPS) is 17.7. The van der Waals surface area contributed by atoms with Crippen LogP contribution >= 0.6 is 11.3 Å². The summed E-state index contributed by atoms with van der Waals surface area (Å²) in [4.78, 5) is 33.5. The van der Waals surface area contributed by atoms with Gasteiger partial charge in [-0.25, -0.2) is 4.39 Å². The van der Waals surface area contributed by atoms with Crippen LogP contribution in [0.25, 0.3) is 0 Å². The number of fused-ring (bicyclic) bond motifs is 1. The summed E-state index contributed by atoms with van der Waals surface area (Å²) in [6, 6.07) is 14.0. The van der Waals surface area contributed by atoms with Crippen molar-refractivity contribution in [3.63, 3.8) is 0 Å². The van der Waals surface area contributed by atoms with Gasteiger partial charge in [0.25, 0.3) is 5.91 Å². The Bertz CT molecular complexity index is 1280. The Morgan fingerprint density at radius 1 is 0.947 bits per heavy atom. The lowest BCUT2D eigenvalue weighted by atomic mass is 9.93. The second-order valence-electron chi connectivity index (χ2n) is 9.57. The number of methoxy groups -OCH3 is 2. The number of halogens is 1. The van der Waals surface area contributed by atoms with E-state index in [0.29, 0.717) is 56.2 Å². The number of hydrogen-bond donors (Lipinski definition) is 0. The van der Waals surface area contributed by atoms with Crippen molar-refractivity contribution in [2.45, 2.75) is 18.9 Å². The molecule has 2 amide bonds. The van der Waals surface area contributed by atoms with E-state index in [4.69, 9.17) is 9.47 Å². The number of nitrogens with zero attached hydrogens (tertiary/aromatic N) is 3. The molecule has 3 heterocycles. The number of amides is 2. The molecule has 1 aromatic heterocycles. The van der Waals surface area contributed by atoms with Crippen LogP contribution < -0.4 is 9.47 Å². The second kappa shape index (κ2) is 11.5. The molecule has 1 unspecified atom stereocenters. The maximum absolute atomic E-state index is 14.1. The van der Waals surface area contributed by atoms with Crippen LogP contribution in [0.2, 0.25) is 0 Å². The van der Waals surface area contributed by atoms with E-state index in [2.05, 4.69) is 16.3 Å². The zero-order chi connectivity index (χ0) is 26.6. The van der Waals surface area contributed by atoms with E-state index >= 15 is 0 Å². The Labute approximate surface area is 226 Å². The molecule has 2 aliphatic heterocycles. The van der Waals surface area contributed by atoms with Crippen LogP contribution in [0.4, 0.5) is 4.39 Å². The third-order valence-electron chi connectivity index (χ3n) is 7.36. The van der Waals surface area contributed by atoms with Gasteiger partial charge >= 0.3 is 0 Å². The number of carbonyl (C=O) groups is 2. The van der Waals surface area contributed by atoms with Gasteiger partial charge in [-0.2, -0.15) is 0 Å². The quantitative estimate of drug-likeness (QED) is 0.452. The summed E-state index contributed by atoms with van der Waals surface area (Å²) in [5, 5.41) is 2.09. The fourth-order valence-electron chi connectivity index (χ4n) is 5.35. The molecule has 200 valence electrons. The van der Waals surface area contributed by atoms with Crippen LogP contribution in [-0.4, -0.2) is 80.0 Å². The Morgan fingerprint density at radius 2 is 1.66 bits per heavy atom.